The molecule has 0 saturated heterocycles. The number of amides is 1. The van der Waals surface area contributed by atoms with Crippen molar-refractivity contribution in [3.63, 3.8) is 0 Å². The van der Waals surface area contributed by atoms with E-state index in [4.69, 9.17) is 27.9 Å². The van der Waals surface area contributed by atoms with Crippen LogP contribution < -0.4 is 5.32 Å². The topological polar surface area (TPSA) is 105 Å². The van der Waals surface area contributed by atoms with Crippen molar-refractivity contribution in [1.29, 1.82) is 0 Å². The van der Waals surface area contributed by atoms with Gasteiger partial charge in [-0.3, -0.25) is 9.10 Å². The van der Waals surface area contributed by atoms with Crippen LogP contribution in [0.15, 0.2) is 46.3 Å². The van der Waals surface area contributed by atoms with Gasteiger partial charge in [0.2, 0.25) is 5.91 Å². The van der Waals surface area contributed by atoms with E-state index < -0.39 is 21.9 Å². The molecule has 11 heteroatoms. The fourth-order valence-electron chi connectivity index (χ4n) is 4.69. The van der Waals surface area contributed by atoms with Gasteiger partial charge in [0, 0.05) is 6.54 Å². The van der Waals surface area contributed by atoms with Crippen LogP contribution in [0.5, 0.6) is 0 Å². The highest BCUT2D eigenvalue weighted by molar-refractivity contribution is 7.90. The Morgan fingerprint density at radius 1 is 0.902 bits per heavy atom. The third-order valence-corrected chi connectivity index (χ3v) is 9.33. The number of carbonyl (C=O) groups excluding carboxylic acids is 2. The van der Waals surface area contributed by atoms with Crippen LogP contribution in [0.3, 0.4) is 0 Å². The molecule has 1 heterocycles. The average molecular weight is 625 g/mol. The number of nitrogens with zero attached hydrogens (tertiary/aromatic N) is 2. The maximum atomic E-state index is 13.5. The van der Waals surface area contributed by atoms with Crippen molar-refractivity contribution in [3.05, 3.63) is 52.0 Å². The molecule has 0 fully saturated rings. The molecule has 0 unspecified atom stereocenters. The largest absolute Gasteiger partial charge is 0.462 e. The minimum Gasteiger partial charge on any atom is -0.462 e. The number of fused-ring (bicyclic) bond motifs is 1. The van der Waals surface area contributed by atoms with Gasteiger partial charge < -0.3 is 10.1 Å². The summed E-state index contributed by atoms with van der Waals surface area (Å²) in [4.78, 5) is 30.0. The van der Waals surface area contributed by atoms with Gasteiger partial charge in [-0.05, 0) is 37.6 Å². The first-order chi connectivity index (χ1) is 19.7. The number of esters is 1. The molecular weight excluding hydrogens is 585 g/mol. The van der Waals surface area contributed by atoms with Crippen LogP contribution in [0.2, 0.25) is 10.0 Å². The van der Waals surface area contributed by atoms with Crippen LogP contribution in [0.4, 0.5) is 11.4 Å². The number of benzene rings is 2. The number of hydrogen-bond acceptors (Lipinski definition) is 6. The SMILES string of the molecule is CCCCCCCCCCCCN1C(CC(=O)Nc2cc(C(=O)OCC)c(Cl)cc2Cl)=Nc2ccccc2S1(=O)=O. The lowest BCUT2D eigenvalue weighted by Crippen LogP contribution is -2.41. The molecule has 2 aromatic carbocycles. The van der Waals surface area contributed by atoms with E-state index in [1.54, 1.807) is 25.1 Å². The Morgan fingerprint density at radius 3 is 2.20 bits per heavy atom. The van der Waals surface area contributed by atoms with E-state index in [9.17, 15) is 18.0 Å². The molecule has 1 aliphatic rings. The minimum atomic E-state index is -3.88. The number of ether oxygens (including phenoxy) is 1. The molecule has 0 aromatic heterocycles. The zero-order valence-electron chi connectivity index (χ0n) is 23.8. The molecule has 1 N–H and O–H groups in total. The number of para-hydroxylation sites is 1. The summed E-state index contributed by atoms with van der Waals surface area (Å²) in [5.41, 5.74) is 0.510. The molecule has 0 radical (unpaired) electrons. The first kappa shape index (κ1) is 32.9. The van der Waals surface area contributed by atoms with E-state index in [2.05, 4.69) is 17.2 Å². The van der Waals surface area contributed by atoms with E-state index in [0.29, 0.717) is 12.1 Å². The van der Waals surface area contributed by atoms with Crippen molar-refractivity contribution >= 4 is 62.3 Å². The summed E-state index contributed by atoms with van der Waals surface area (Å²) in [5.74, 6) is -1.05. The van der Waals surface area contributed by atoms with E-state index in [1.807, 2.05) is 0 Å². The van der Waals surface area contributed by atoms with E-state index in [0.717, 1.165) is 19.3 Å². The minimum absolute atomic E-state index is 0.0577. The van der Waals surface area contributed by atoms with Gasteiger partial charge in [-0.15, -0.1) is 0 Å². The Bertz CT molecular complexity index is 1350. The normalized spacial score (nSPS) is 13.9. The number of amidine groups is 1. The first-order valence-electron chi connectivity index (χ1n) is 14.3. The lowest BCUT2D eigenvalue weighted by atomic mass is 10.1. The van der Waals surface area contributed by atoms with Crippen molar-refractivity contribution in [1.82, 2.24) is 4.31 Å². The maximum absolute atomic E-state index is 13.5. The van der Waals surface area contributed by atoms with Crippen LogP contribution in [0.1, 0.15) is 94.8 Å². The van der Waals surface area contributed by atoms with Crippen molar-refractivity contribution in [2.45, 2.75) is 89.4 Å². The Hall–Kier alpha value is -2.62. The molecule has 0 bridgehead atoms. The van der Waals surface area contributed by atoms with Crippen LogP contribution >= 0.6 is 23.2 Å². The van der Waals surface area contributed by atoms with Crippen LogP contribution in [0.25, 0.3) is 0 Å². The lowest BCUT2D eigenvalue weighted by Gasteiger charge is -2.29. The number of sulfonamides is 1. The zero-order chi connectivity index (χ0) is 29.8. The molecule has 8 nitrogen and oxygen atoms in total. The van der Waals surface area contributed by atoms with Gasteiger partial charge in [-0.1, -0.05) is 100 Å². The molecule has 1 aliphatic heterocycles. The summed E-state index contributed by atoms with van der Waals surface area (Å²) >= 11 is 12.4. The molecule has 0 spiro atoms. The Kier molecular flexibility index (Phi) is 12.9. The third kappa shape index (κ3) is 9.18. The predicted octanol–water partition coefficient (Wildman–Crippen LogP) is 8.15. The number of halogens is 2. The van der Waals surface area contributed by atoms with Gasteiger partial charge in [0.1, 0.15) is 10.7 Å². The molecule has 224 valence electrons. The fraction of sp³-hybridized carbons (Fsp3) is 0.500. The van der Waals surface area contributed by atoms with Gasteiger partial charge in [0.05, 0.1) is 40.0 Å². The highest BCUT2D eigenvalue weighted by Gasteiger charge is 2.34. The molecular formula is C30H39Cl2N3O5S. The van der Waals surface area contributed by atoms with Gasteiger partial charge >= 0.3 is 5.97 Å². The highest BCUT2D eigenvalue weighted by Crippen LogP contribution is 2.34. The maximum Gasteiger partial charge on any atom is 0.339 e. The number of carbonyl (C=O) groups is 2. The number of rotatable bonds is 16. The van der Waals surface area contributed by atoms with Crippen LogP contribution in [-0.4, -0.2) is 43.6 Å². The van der Waals surface area contributed by atoms with Crippen molar-refractivity contribution in [2.24, 2.45) is 4.99 Å². The van der Waals surface area contributed by atoms with Gasteiger partial charge in [-0.25, -0.2) is 18.2 Å². The summed E-state index contributed by atoms with van der Waals surface area (Å²) in [6.07, 6.45) is 10.9. The second-order valence-electron chi connectivity index (χ2n) is 10.0. The fourth-order valence-corrected chi connectivity index (χ4v) is 6.81. The average Bonchev–Trinajstić information content (AvgIpc) is 2.92. The number of hydrogen-bond donors (Lipinski definition) is 1. The summed E-state index contributed by atoms with van der Waals surface area (Å²) in [5, 5.41) is 2.88. The standard InChI is InChI=1S/C30H39Cl2N3O5S/c1-3-5-6-7-8-9-10-11-12-15-18-35-28(33-25-16-13-14-17-27(25)41(35,38)39)21-29(36)34-26-19-22(30(37)40-4-2)23(31)20-24(26)32/h13-14,16-17,19-20H,3-12,15,18,21H2,1-2H3,(H,34,36). The van der Waals surface area contributed by atoms with Crippen LogP contribution in [0, 0.1) is 0 Å². The molecule has 0 atom stereocenters. The van der Waals surface area contributed by atoms with Crippen molar-refractivity contribution in [2.75, 3.05) is 18.5 Å². The molecule has 2 aromatic rings. The lowest BCUT2D eigenvalue weighted by molar-refractivity contribution is -0.115. The highest BCUT2D eigenvalue weighted by atomic mass is 35.5. The zero-order valence-corrected chi connectivity index (χ0v) is 26.1. The summed E-state index contributed by atoms with van der Waals surface area (Å²) in [6, 6.07) is 9.20. The Labute approximate surface area is 253 Å². The summed E-state index contributed by atoms with van der Waals surface area (Å²) < 4.78 is 33.3. The second kappa shape index (κ2) is 16.1. The Balaban J connectivity index is 1.69. The van der Waals surface area contributed by atoms with E-state index >= 15 is 0 Å². The van der Waals surface area contributed by atoms with Gasteiger partial charge in [-0.2, -0.15) is 0 Å². The third-order valence-electron chi connectivity index (χ3n) is 6.83. The number of aliphatic imine (C=N–C) groups is 1. The molecule has 0 aliphatic carbocycles. The molecule has 1 amide bonds. The van der Waals surface area contributed by atoms with Gasteiger partial charge in [0.15, 0.2) is 0 Å². The van der Waals surface area contributed by atoms with E-state index in [-0.39, 0.29) is 51.6 Å². The quantitative estimate of drug-likeness (QED) is 0.150. The predicted molar refractivity (Wildman–Crippen MR) is 165 cm³/mol. The second-order valence-corrected chi connectivity index (χ2v) is 12.7. The smallest absolute Gasteiger partial charge is 0.339 e. The molecule has 0 saturated carbocycles. The number of nitrogens with one attached hydrogen (secondary N) is 1. The molecule has 3 rings (SSSR count). The number of anilines is 1. The Morgan fingerprint density at radius 2 is 1.54 bits per heavy atom. The first-order valence-corrected chi connectivity index (χ1v) is 16.5. The molecule has 41 heavy (non-hydrogen) atoms. The van der Waals surface area contributed by atoms with Crippen molar-refractivity contribution in [3.8, 4) is 0 Å². The van der Waals surface area contributed by atoms with Crippen LogP contribution in [-0.2, 0) is 19.6 Å². The monoisotopic (exact) mass is 623 g/mol. The number of unbranched alkanes of at least 4 members (excludes halogenated alkanes) is 9. The van der Waals surface area contributed by atoms with Crippen molar-refractivity contribution < 1.29 is 22.7 Å². The van der Waals surface area contributed by atoms with Gasteiger partial charge in [0.25, 0.3) is 10.0 Å². The summed E-state index contributed by atoms with van der Waals surface area (Å²) in [6.45, 7) is 4.27. The van der Waals surface area contributed by atoms with E-state index in [1.165, 1.54) is 61.0 Å². The summed E-state index contributed by atoms with van der Waals surface area (Å²) in [7, 11) is -3.88.